The Morgan fingerprint density at radius 1 is 1.08 bits per heavy atom. The predicted molar refractivity (Wildman–Crippen MR) is 142 cm³/mol. The summed E-state index contributed by atoms with van der Waals surface area (Å²) < 4.78 is 26.4. The lowest BCUT2D eigenvalue weighted by molar-refractivity contribution is -0.121. The Labute approximate surface area is 220 Å². The molecule has 0 spiro atoms. The summed E-state index contributed by atoms with van der Waals surface area (Å²) >= 11 is 1.48. The second-order valence-electron chi connectivity index (χ2n) is 8.56. The average Bonchev–Trinajstić information content (AvgIpc) is 3.33. The second kappa shape index (κ2) is 13.1. The molecule has 37 heavy (non-hydrogen) atoms. The summed E-state index contributed by atoms with van der Waals surface area (Å²) in [4.78, 5) is 12.5. The van der Waals surface area contributed by atoms with Crippen molar-refractivity contribution < 1.29 is 18.7 Å². The Morgan fingerprint density at radius 3 is 2.73 bits per heavy atom. The summed E-state index contributed by atoms with van der Waals surface area (Å²) in [7, 11) is 3.27. The van der Waals surface area contributed by atoms with Crippen LogP contribution in [0.2, 0.25) is 0 Å². The summed E-state index contributed by atoms with van der Waals surface area (Å²) in [5, 5.41) is 12.5. The molecule has 9 heteroatoms. The van der Waals surface area contributed by atoms with Crippen molar-refractivity contribution in [2.75, 3.05) is 20.8 Å². The molecule has 1 N–H and O–H groups in total. The molecule has 1 aliphatic rings. The second-order valence-corrected chi connectivity index (χ2v) is 9.51. The van der Waals surface area contributed by atoms with Crippen LogP contribution >= 0.6 is 11.8 Å². The fourth-order valence-corrected chi connectivity index (χ4v) is 5.02. The number of halogens is 1. The first kappa shape index (κ1) is 26.5. The number of nitrogens with zero attached hydrogens (tertiary/aromatic N) is 3. The van der Waals surface area contributed by atoms with Gasteiger partial charge in [0.25, 0.3) is 0 Å². The molecule has 0 fully saturated rings. The van der Waals surface area contributed by atoms with E-state index < -0.39 is 0 Å². The van der Waals surface area contributed by atoms with Gasteiger partial charge in [0.15, 0.2) is 5.16 Å². The average molecular weight is 523 g/mol. The van der Waals surface area contributed by atoms with Gasteiger partial charge < -0.3 is 14.8 Å². The molecule has 7 nitrogen and oxygen atoms in total. The third-order valence-corrected chi connectivity index (χ3v) is 6.97. The summed E-state index contributed by atoms with van der Waals surface area (Å²) in [6.45, 7) is 0.458. The molecule has 0 radical (unpaired) electrons. The molecule has 194 valence electrons. The summed E-state index contributed by atoms with van der Waals surface area (Å²) in [6, 6.07) is 14.2. The number of ether oxygens (including phenoxy) is 2. The fourth-order valence-electron chi connectivity index (χ4n) is 4.11. The maximum absolute atomic E-state index is 13.6. The van der Waals surface area contributed by atoms with Crippen LogP contribution in [0.25, 0.3) is 5.69 Å². The number of aromatic nitrogens is 3. The Bertz CT molecular complexity index is 1290. The van der Waals surface area contributed by atoms with Gasteiger partial charge >= 0.3 is 0 Å². The number of nitrogens with one attached hydrogen (secondary N) is 1. The van der Waals surface area contributed by atoms with E-state index in [1.807, 2.05) is 34.9 Å². The molecule has 0 aliphatic heterocycles. The Balaban J connectivity index is 1.41. The smallest absolute Gasteiger partial charge is 0.220 e. The zero-order valence-corrected chi connectivity index (χ0v) is 21.9. The lowest BCUT2D eigenvalue weighted by Gasteiger charge is -2.15. The lowest BCUT2D eigenvalue weighted by atomic mass is 10.0. The predicted octanol–water partition coefficient (Wildman–Crippen LogP) is 5.40. The van der Waals surface area contributed by atoms with E-state index in [4.69, 9.17) is 9.47 Å². The fraction of sp³-hybridized carbons (Fsp3) is 0.321. The molecule has 0 saturated carbocycles. The molecular weight excluding hydrogens is 491 g/mol. The van der Waals surface area contributed by atoms with E-state index in [0.717, 1.165) is 47.0 Å². The van der Waals surface area contributed by atoms with E-state index in [1.54, 1.807) is 20.3 Å². The molecule has 1 amide bonds. The normalized spacial score (nSPS) is 13.1. The molecule has 0 saturated heterocycles. The van der Waals surface area contributed by atoms with E-state index in [2.05, 4.69) is 27.7 Å². The third-order valence-electron chi connectivity index (χ3n) is 5.97. The van der Waals surface area contributed by atoms with Crippen molar-refractivity contribution in [1.82, 2.24) is 20.1 Å². The minimum absolute atomic E-state index is 0.0184. The van der Waals surface area contributed by atoms with E-state index >= 15 is 0 Å². The largest absolute Gasteiger partial charge is 0.497 e. The standard InChI is InChI=1S/C28H31FN4O3S/c1-35-24-12-6-11-23(17-24)33-26(31-32-28(33)37-19-20-8-5-10-22(29)16-20)14-7-15-27(34)30-18-21-9-3-4-13-25(21)36-2/h5-6,8-13,16-17H,3-4,7,14-15,18-19H2,1-2H3,(H,30,34). The molecule has 1 aromatic heterocycles. The van der Waals surface area contributed by atoms with Crippen molar-refractivity contribution in [3.05, 3.63) is 89.2 Å². The molecule has 1 heterocycles. The zero-order chi connectivity index (χ0) is 26.0. The van der Waals surface area contributed by atoms with Crippen molar-refractivity contribution in [1.29, 1.82) is 0 Å². The first-order chi connectivity index (χ1) is 18.1. The third kappa shape index (κ3) is 7.22. The van der Waals surface area contributed by atoms with Crippen LogP contribution in [-0.2, 0) is 21.7 Å². The zero-order valence-electron chi connectivity index (χ0n) is 21.1. The monoisotopic (exact) mass is 522 g/mol. The number of amides is 1. The van der Waals surface area contributed by atoms with Gasteiger partial charge in [-0.15, -0.1) is 10.2 Å². The maximum Gasteiger partial charge on any atom is 0.220 e. The van der Waals surface area contributed by atoms with Crippen LogP contribution in [0.3, 0.4) is 0 Å². The van der Waals surface area contributed by atoms with Gasteiger partial charge in [0.1, 0.15) is 23.2 Å². The first-order valence-corrected chi connectivity index (χ1v) is 13.2. The van der Waals surface area contributed by atoms with E-state index in [-0.39, 0.29) is 11.7 Å². The Hall–Kier alpha value is -3.59. The highest BCUT2D eigenvalue weighted by Gasteiger charge is 2.16. The van der Waals surface area contributed by atoms with Crippen molar-refractivity contribution in [2.24, 2.45) is 0 Å². The number of carbonyl (C=O) groups is 1. The number of carbonyl (C=O) groups excluding carboxylic acids is 1. The molecule has 0 atom stereocenters. The minimum Gasteiger partial charge on any atom is -0.497 e. The maximum atomic E-state index is 13.6. The highest BCUT2D eigenvalue weighted by Crippen LogP contribution is 2.28. The van der Waals surface area contributed by atoms with Crippen molar-refractivity contribution in [3.8, 4) is 11.4 Å². The number of allylic oxidation sites excluding steroid dienone is 2. The molecule has 0 bridgehead atoms. The van der Waals surface area contributed by atoms with Gasteiger partial charge in [-0.25, -0.2) is 4.39 Å². The molecule has 2 aromatic carbocycles. The topological polar surface area (TPSA) is 78.3 Å². The molecule has 3 aromatic rings. The molecule has 0 unspecified atom stereocenters. The lowest BCUT2D eigenvalue weighted by Crippen LogP contribution is -2.26. The van der Waals surface area contributed by atoms with E-state index in [9.17, 15) is 9.18 Å². The number of methoxy groups -OCH3 is 2. The molecule has 1 aliphatic carbocycles. The Kier molecular flexibility index (Phi) is 9.37. The quantitative estimate of drug-likeness (QED) is 0.321. The highest BCUT2D eigenvalue weighted by atomic mass is 32.2. The van der Waals surface area contributed by atoms with Crippen LogP contribution in [0.1, 0.15) is 37.1 Å². The Morgan fingerprint density at radius 2 is 1.92 bits per heavy atom. The summed E-state index contributed by atoms with van der Waals surface area (Å²) in [5.74, 6) is 2.58. The number of benzene rings is 2. The first-order valence-electron chi connectivity index (χ1n) is 12.2. The number of hydrogen-bond acceptors (Lipinski definition) is 6. The van der Waals surface area contributed by atoms with Gasteiger partial charge in [-0.2, -0.15) is 0 Å². The summed E-state index contributed by atoms with van der Waals surface area (Å²) in [6.07, 6.45) is 7.64. The number of aryl methyl sites for hydroxylation is 1. The van der Waals surface area contributed by atoms with Crippen LogP contribution < -0.4 is 10.1 Å². The van der Waals surface area contributed by atoms with Gasteiger partial charge in [-0.3, -0.25) is 9.36 Å². The van der Waals surface area contributed by atoms with Crippen molar-refractivity contribution in [2.45, 2.75) is 43.0 Å². The van der Waals surface area contributed by atoms with Crippen LogP contribution in [0.15, 0.2) is 77.2 Å². The number of rotatable bonds is 12. The van der Waals surface area contributed by atoms with Gasteiger partial charge in [-0.05, 0) is 55.2 Å². The van der Waals surface area contributed by atoms with Gasteiger partial charge in [0.05, 0.1) is 19.9 Å². The van der Waals surface area contributed by atoms with Crippen LogP contribution in [0.5, 0.6) is 5.75 Å². The van der Waals surface area contributed by atoms with Crippen LogP contribution in [-0.4, -0.2) is 41.4 Å². The molecule has 4 rings (SSSR count). The van der Waals surface area contributed by atoms with Gasteiger partial charge in [-0.1, -0.05) is 36.0 Å². The van der Waals surface area contributed by atoms with Crippen molar-refractivity contribution in [3.63, 3.8) is 0 Å². The highest BCUT2D eigenvalue weighted by molar-refractivity contribution is 7.98. The SMILES string of the molecule is COC1=CCCC=C1CNC(=O)CCCc1nnc(SCc2cccc(F)c2)n1-c1cccc(OC)c1. The van der Waals surface area contributed by atoms with E-state index in [1.165, 1.54) is 23.9 Å². The van der Waals surface area contributed by atoms with Gasteiger partial charge in [0.2, 0.25) is 5.91 Å². The minimum atomic E-state index is -0.263. The van der Waals surface area contributed by atoms with Crippen LogP contribution in [0.4, 0.5) is 4.39 Å². The van der Waals surface area contributed by atoms with Crippen molar-refractivity contribution >= 4 is 17.7 Å². The van der Waals surface area contributed by atoms with Gasteiger partial charge in [0, 0.05) is 36.8 Å². The molecular formula is C28H31FN4O3S. The number of hydrogen-bond donors (Lipinski definition) is 1. The van der Waals surface area contributed by atoms with Crippen LogP contribution in [0, 0.1) is 5.82 Å². The number of thioether (sulfide) groups is 1. The summed E-state index contributed by atoms with van der Waals surface area (Å²) in [5.41, 5.74) is 2.75. The van der Waals surface area contributed by atoms with E-state index in [0.29, 0.717) is 36.7 Å².